The molecule has 5 N–H and O–H groups in total. The second kappa shape index (κ2) is 20.4. The van der Waals surface area contributed by atoms with Gasteiger partial charge in [-0.15, -0.1) is 0 Å². The van der Waals surface area contributed by atoms with Crippen LogP contribution in [0.2, 0.25) is 0 Å². The maximum absolute atomic E-state index is 13.6. The fraction of sp³-hybridized carbons (Fsp3) is 0.618. The molecule has 0 saturated heterocycles. The molecule has 0 aromatic heterocycles. The van der Waals surface area contributed by atoms with Crippen LogP contribution < -0.4 is 26.6 Å². The van der Waals surface area contributed by atoms with Crippen molar-refractivity contribution in [1.82, 2.24) is 26.6 Å². The number of nitrogens with one attached hydrogen (secondary N) is 5. The van der Waals surface area contributed by atoms with Gasteiger partial charge in [0, 0.05) is 6.26 Å². The Morgan fingerprint density at radius 1 is 0.860 bits per heavy atom. The topological polar surface area (TPSA) is 223 Å². The number of alkyl carbamates (subject to hydrolysis) is 1. The number of ketones is 2. The van der Waals surface area contributed by atoms with Crippen LogP contribution in [-0.4, -0.2) is 93.0 Å². The minimum atomic E-state index is -3.87. The van der Waals surface area contributed by atoms with E-state index in [4.69, 9.17) is 4.74 Å². The van der Waals surface area contributed by atoms with E-state index >= 15 is 0 Å². The highest BCUT2D eigenvalue weighted by molar-refractivity contribution is 7.90. The highest BCUT2D eigenvalue weighted by Crippen LogP contribution is 2.27. The van der Waals surface area contributed by atoms with Crippen molar-refractivity contribution in [3.8, 4) is 0 Å². The average molecular weight is 722 g/mol. The van der Waals surface area contributed by atoms with Gasteiger partial charge in [-0.2, -0.15) is 0 Å². The lowest BCUT2D eigenvalue weighted by Gasteiger charge is -2.31. The zero-order valence-corrected chi connectivity index (χ0v) is 30.2. The molecule has 0 heterocycles. The molecule has 5 amide bonds. The summed E-state index contributed by atoms with van der Waals surface area (Å²) in [7, 11) is -3.87. The molecule has 0 radical (unpaired) electrons. The molecule has 2 rings (SSSR count). The minimum absolute atomic E-state index is 0.0158. The van der Waals surface area contributed by atoms with Crippen LogP contribution in [0.5, 0.6) is 0 Å². The van der Waals surface area contributed by atoms with Gasteiger partial charge in [0.25, 0.3) is 5.91 Å². The van der Waals surface area contributed by atoms with E-state index in [9.17, 15) is 42.0 Å². The van der Waals surface area contributed by atoms with E-state index in [0.29, 0.717) is 24.8 Å². The quantitative estimate of drug-likeness (QED) is 0.129. The molecule has 0 spiro atoms. The summed E-state index contributed by atoms with van der Waals surface area (Å²) in [5, 5.41) is 12.1. The molecule has 1 fully saturated rings. The molecular formula is C34H51N5O10S. The Bertz CT molecular complexity index is 1460. The third-order valence-electron chi connectivity index (χ3n) is 8.02. The molecule has 278 valence electrons. The molecule has 1 aromatic carbocycles. The summed E-state index contributed by atoms with van der Waals surface area (Å²) in [5.74, 6) is -6.26. The van der Waals surface area contributed by atoms with Crippen LogP contribution in [0.4, 0.5) is 4.79 Å². The SMILES string of the molecule is CCC[C@H](NC(=O)[C@H](CS(C)(=O)=O)NC(=O)[C@@H](NC(=O)OCC(C)C)C1CCCCC1)C(=O)C(=O)NCC(=O)N[C@H](C(C)=O)c1ccccc1. The lowest BCUT2D eigenvalue weighted by Crippen LogP contribution is -2.59. The van der Waals surface area contributed by atoms with Crippen LogP contribution in [0.3, 0.4) is 0 Å². The molecule has 0 aliphatic heterocycles. The van der Waals surface area contributed by atoms with Crippen LogP contribution >= 0.6 is 0 Å². The zero-order valence-electron chi connectivity index (χ0n) is 29.4. The lowest BCUT2D eigenvalue weighted by molar-refractivity contribution is -0.141. The number of carbonyl (C=O) groups is 7. The Morgan fingerprint density at radius 2 is 1.48 bits per heavy atom. The smallest absolute Gasteiger partial charge is 0.407 e. The van der Waals surface area contributed by atoms with E-state index in [1.807, 2.05) is 13.8 Å². The third kappa shape index (κ3) is 14.6. The van der Waals surface area contributed by atoms with Crippen LogP contribution in [0.25, 0.3) is 0 Å². The Kier molecular flexibility index (Phi) is 17.0. The van der Waals surface area contributed by atoms with Crippen LogP contribution in [0.15, 0.2) is 30.3 Å². The van der Waals surface area contributed by atoms with Crippen molar-refractivity contribution in [2.75, 3.05) is 25.2 Å². The van der Waals surface area contributed by atoms with Crippen LogP contribution in [0, 0.1) is 11.8 Å². The van der Waals surface area contributed by atoms with Gasteiger partial charge < -0.3 is 31.3 Å². The maximum Gasteiger partial charge on any atom is 0.407 e. The normalized spacial score (nSPS) is 15.8. The lowest BCUT2D eigenvalue weighted by atomic mass is 9.83. The third-order valence-corrected chi connectivity index (χ3v) is 8.95. The van der Waals surface area contributed by atoms with Gasteiger partial charge in [-0.25, -0.2) is 13.2 Å². The first kappa shape index (κ1) is 41.8. The molecule has 4 atom stereocenters. The standard InChI is InChI=1S/C34H51N5O10S/c1-6-13-25(30(42)33(45)35-18-27(41)38-28(22(4)40)23-14-9-7-10-15-23)36-31(43)26(20-50(5,47)48)37-32(44)29(24-16-11-8-12-17-24)39-34(46)49-19-21(2)3/h7,9-10,14-15,21,24-26,28-29H,6,8,11-13,16-20H2,1-5H3,(H,35,45)(H,36,43)(H,37,44)(H,38,41)(H,39,46)/t25-,26-,28+,29-/m0/s1. The first-order chi connectivity index (χ1) is 23.5. The fourth-order valence-corrected chi connectivity index (χ4v) is 6.38. The largest absolute Gasteiger partial charge is 0.449 e. The zero-order chi connectivity index (χ0) is 37.4. The first-order valence-electron chi connectivity index (χ1n) is 16.9. The fourth-order valence-electron chi connectivity index (χ4n) is 5.54. The predicted molar refractivity (Wildman–Crippen MR) is 184 cm³/mol. The van der Waals surface area contributed by atoms with Gasteiger partial charge in [0.05, 0.1) is 24.9 Å². The summed E-state index contributed by atoms with van der Waals surface area (Å²) in [5.41, 5.74) is 0.532. The highest BCUT2D eigenvalue weighted by Gasteiger charge is 2.36. The van der Waals surface area contributed by atoms with Gasteiger partial charge in [-0.1, -0.05) is 76.8 Å². The van der Waals surface area contributed by atoms with E-state index in [2.05, 4.69) is 26.6 Å². The number of sulfone groups is 1. The Labute approximate surface area is 293 Å². The predicted octanol–water partition coefficient (Wildman–Crippen LogP) is 1.26. The number of amides is 5. The molecule has 16 heteroatoms. The number of hydrogen-bond donors (Lipinski definition) is 5. The molecule has 1 aliphatic rings. The first-order valence-corrected chi connectivity index (χ1v) is 19.0. The van der Waals surface area contributed by atoms with E-state index < -0.39 is 81.8 Å². The van der Waals surface area contributed by atoms with Gasteiger partial charge in [0.1, 0.15) is 28.0 Å². The van der Waals surface area contributed by atoms with E-state index in [0.717, 1.165) is 25.5 Å². The number of hydrogen-bond acceptors (Lipinski definition) is 10. The molecule has 0 unspecified atom stereocenters. The van der Waals surface area contributed by atoms with Crippen molar-refractivity contribution in [3.63, 3.8) is 0 Å². The highest BCUT2D eigenvalue weighted by atomic mass is 32.2. The van der Waals surface area contributed by atoms with Crippen molar-refractivity contribution in [1.29, 1.82) is 0 Å². The Balaban J connectivity index is 2.15. The van der Waals surface area contributed by atoms with Crippen LogP contribution in [-0.2, 0) is 43.3 Å². The second-order valence-corrected chi connectivity index (χ2v) is 15.3. The van der Waals surface area contributed by atoms with Crippen molar-refractivity contribution >= 4 is 51.1 Å². The second-order valence-electron chi connectivity index (χ2n) is 13.1. The summed E-state index contributed by atoms with van der Waals surface area (Å²) in [4.78, 5) is 90.2. The van der Waals surface area contributed by atoms with Gasteiger partial charge in [0.2, 0.25) is 23.5 Å². The van der Waals surface area contributed by atoms with Crippen molar-refractivity contribution in [2.45, 2.75) is 96.8 Å². The summed E-state index contributed by atoms with van der Waals surface area (Å²) >= 11 is 0. The number of benzene rings is 1. The van der Waals surface area contributed by atoms with E-state index in [1.165, 1.54) is 6.92 Å². The average Bonchev–Trinajstić information content (AvgIpc) is 3.06. The molecule has 15 nitrogen and oxygen atoms in total. The minimum Gasteiger partial charge on any atom is -0.449 e. The van der Waals surface area contributed by atoms with Gasteiger partial charge in [-0.05, 0) is 43.6 Å². The van der Waals surface area contributed by atoms with Crippen molar-refractivity contribution < 1.29 is 46.7 Å². The van der Waals surface area contributed by atoms with E-state index in [-0.39, 0.29) is 30.6 Å². The molecule has 1 aromatic rings. The number of rotatable bonds is 19. The number of ether oxygens (including phenoxy) is 1. The summed E-state index contributed by atoms with van der Waals surface area (Å²) in [6.45, 7) is 6.16. The molecule has 1 saturated carbocycles. The Hall–Kier alpha value is -4.34. The van der Waals surface area contributed by atoms with Crippen molar-refractivity contribution in [3.05, 3.63) is 35.9 Å². The molecule has 1 aliphatic carbocycles. The number of Topliss-reactive ketones (excluding diaryl/α,β-unsaturated/α-hetero) is 2. The number of carbonyl (C=O) groups excluding carboxylic acids is 7. The molecule has 0 bridgehead atoms. The van der Waals surface area contributed by atoms with E-state index in [1.54, 1.807) is 37.3 Å². The Morgan fingerprint density at radius 3 is 2.04 bits per heavy atom. The maximum atomic E-state index is 13.6. The van der Waals surface area contributed by atoms with Crippen LogP contribution in [0.1, 0.15) is 84.2 Å². The summed E-state index contributed by atoms with van der Waals surface area (Å²) < 4.78 is 29.9. The van der Waals surface area contributed by atoms with Gasteiger partial charge >= 0.3 is 6.09 Å². The monoisotopic (exact) mass is 721 g/mol. The summed E-state index contributed by atoms with van der Waals surface area (Å²) in [6, 6.07) is 3.29. The van der Waals surface area contributed by atoms with Crippen molar-refractivity contribution in [2.24, 2.45) is 11.8 Å². The summed E-state index contributed by atoms with van der Waals surface area (Å²) in [6.07, 6.45) is 4.20. The van der Waals surface area contributed by atoms with Gasteiger partial charge in [0.15, 0.2) is 5.78 Å². The van der Waals surface area contributed by atoms with Gasteiger partial charge in [-0.3, -0.25) is 28.8 Å². The molecular weight excluding hydrogens is 670 g/mol. The molecule has 50 heavy (non-hydrogen) atoms.